The Labute approximate surface area is 151 Å². The van der Waals surface area contributed by atoms with Gasteiger partial charge >= 0.3 is 0 Å². The molecule has 2 unspecified atom stereocenters. The molecule has 0 saturated carbocycles. The molecular weight excluding hydrogens is 314 g/mol. The summed E-state index contributed by atoms with van der Waals surface area (Å²) in [5, 5.41) is 2.84. The summed E-state index contributed by atoms with van der Waals surface area (Å²) in [4.78, 5) is 26.4. The monoisotopic (exact) mass is 345 g/mol. The van der Waals surface area contributed by atoms with Crippen molar-refractivity contribution in [2.45, 2.75) is 52.0 Å². The molecule has 2 amide bonds. The second-order valence-corrected chi connectivity index (χ2v) is 8.07. The number of carbonyl (C=O) groups excluding carboxylic acids is 2. The van der Waals surface area contributed by atoms with Crippen molar-refractivity contribution < 1.29 is 9.59 Å². The highest BCUT2D eigenvalue weighted by Crippen LogP contribution is 2.23. The molecule has 0 bridgehead atoms. The van der Waals surface area contributed by atoms with Crippen molar-refractivity contribution in [2.24, 2.45) is 11.7 Å². The molecule has 1 fully saturated rings. The molecule has 0 radical (unpaired) electrons. The summed E-state index contributed by atoms with van der Waals surface area (Å²) in [6, 6.07) is 7.89. The summed E-state index contributed by atoms with van der Waals surface area (Å²) < 4.78 is 0. The minimum atomic E-state index is -0.137. The number of nitrogens with one attached hydrogen (secondary N) is 1. The van der Waals surface area contributed by atoms with Crippen LogP contribution in [0.5, 0.6) is 0 Å². The van der Waals surface area contributed by atoms with Crippen molar-refractivity contribution in [3.8, 4) is 0 Å². The van der Waals surface area contributed by atoms with Crippen molar-refractivity contribution in [1.82, 2.24) is 10.2 Å². The van der Waals surface area contributed by atoms with Gasteiger partial charge in [0.1, 0.15) is 0 Å². The Hall–Kier alpha value is -1.88. The number of amides is 2. The fourth-order valence-electron chi connectivity index (χ4n) is 3.31. The van der Waals surface area contributed by atoms with Gasteiger partial charge in [0.2, 0.25) is 5.91 Å². The smallest absolute Gasteiger partial charge is 0.251 e. The van der Waals surface area contributed by atoms with Crippen LogP contribution in [0.15, 0.2) is 24.3 Å². The van der Waals surface area contributed by atoms with E-state index in [4.69, 9.17) is 5.73 Å². The average Bonchev–Trinajstić information content (AvgIpc) is 2.95. The van der Waals surface area contributed by atoms with Crippen LogP contribution in [0.2, 0.25) is 0 Å². The zero-order valence-electron chi connectivity index (χ0n) is 15.8. The first-order valence-corrected chi connectivity index (χ1v) is 9.10. The van der Waals surface area contributed by atoms with Gasteiger partial charge in [-0.3, -0.25) is 9.59 Å². The minimum Gasteiger partial charge on any atom is -0.352 e. The van der Waals surface area contributed by atoms with Gasteiger partial charge in [-0.05, 0) is 48.9 Å². The molecule has 1 aliphatic heterocycles. The number of carbonyl (C=O) groups is 2. The Kier molecular flexibility index (Phi) is 6.22. The lowest BCUT2D eigenvalue weighted by molar-refractivity contribution is -0.131. The number of likely N-dealkylation sites (tertiary alicyclic amines) is 1. The molecular formula is C20H31N3O2. The van der Waals surface area contributed by atoms with Gasteiger partial charge in [0.15, 0.2) is 0 Å². The third kappa shape index (κ3) is 5.05. The molecule has 5 heteroatoms. The molecule has 1 aromatic carbocycles. The van der Waals surface area contributed by atoms with E-state index < -0.39 is 0 Å². The van der Waals surface area contributed by atoms with Crippen molar-refractivity contribution in [1.29, 1.82) is 0 Å². The molecule has 0 aliphatic carbocycles. The van der Waals surface area contributed by atoms with Crippen LogP contribution in [0.3, 0.4) is 0 Å². The molecule has 25 heavy (non-hydrogen) atoms. The van der Waals surface area contributed by atoms with Crippen LogP contribution >= 0.6 is 0 Å². The molecule has 1 heterocycles. The van der Waals surface area contributed by atoms with Crippen molar-refractivity contribution >= 4 is 11.8 Å². The molecule has 2 atom stereocenters. The van der Waals surface area contributed by atoms with Crippen LogP contribution in [0.1, 0.15) is 56.5 Å². The van der Waals surface area contributed by atoms with Crippen molar-refractivity contribution in [2.75, 3.05) is 19.6 Å². The topological polar surface area (TPSA) is 75.4 Å². The van der Waals surface area contributed by atoms with Crippen molar-refractivity contribution in [3.05, 3.63) is 35.4 Å². The summed E-state index contributed by atoms with van der Waals surface area (Å²) in [6.07, 6.45) is 1.29. The zero-order chi connectivity index (χ0) is 18.6. The van der Waals surface area contributed by atoms with Gasteiger partial charge < -0.3 is 16.0 Å². The van der Waals surface area contributed by atoms with E-state index >= 15 is 0 Å². The van der Waals surface area contributed by atoms with Crippen LogP contribution < -0.4 is 11.1 Å². The molecule has 0 spiro atoms. The van der Waals surface area contributed by atoms with Gasteiger partial charge in [0.05, 0.1) is 0 Å². The Morgan fingerprint density at radius 1 is 1.24 bits per heavy atom. The largest absolute Gasteiger partial charge is 0.352 e. The first-order chi connectivity index (χ1) is 11.7. The molecule has 0 aromatic heterocycles. The minimum absolute atomic E-state index is 0.0647. The first kappa shape index (κ1) is 19.4. The Morgan fingerprint density at radius 2 is 1.88 bits per heavy atom. The summed E-state index contributed by atoms with van der Waals surface area (Å²) >= 11 is 0. The molecule has 5 nitrogen and oxygen atoms in total. The number of hydrogen-bond donors (Lipinski definition) is 2. The van der Waals surface area contributed by atoms with Gasteiger partial charge in [0, 0.05) is 31.1 Å². The van der Waals surface area contributed by atoms with Crippen LogP contribution in [0, 0.1) is 5.92 Å². The van der Waals surface area contributed by atoms with Crippen LogP contribution in [-0.2, 0) is 10.2 Å². The summed E-state index contributed by atoms with van der Waals surface area (Å²) in [5.41, 5.74) is 7.58. The van der Waals surface area contributed by atoms with E-state index in [1.54, 1.807) is 0 Å². The Bertz CT molecular complexity index is 604. The Morgan fingerprint density at radius 3 is 2.40 bits per heavy atom. The molecule has 1 aromatic rings. The van der Waals surface area contributed by atoms with Gasteiger partial charge in [0.25, 0.3) is 5.91 Å². The average molecular weight is 345 g/mol. The number of nitrogens with two attached hydrogens (primary N) is 1. The lowest BCUT2D eigenvalue weighted by Gasteiger charge is -2.21. The predicted molar refractivity (Wildman–Crippen MR) is 100 cm³/mol. The van der Waals surface area contributed by atoms with Gasteiger partial charge in [-0.15, -0.1) is 0 Å². The lowest BCUT2D eigenvalue weighted by Crippen LogP contribution is -2.37. The van der Waals surface area contributed by atoms with Crippen molar-refractivity contribution in [3.63, 3.8) is 0 Å². The second-order valence-electron chi connectivity index (χ2n) is 8.07. The highest BCUT2D eigenvalue weighted by molar-refractivity contribution is 5.94. The summed E-state index contributed by atoms with van der Waals surface area (Å²) in [6.45, 7) is 10.2. The maximum absolute atomic E-state index is 12.3. The van der Waals surface area contributed by atoms with E-state index in [0.29, 0.717) is 31.0 Å². The number of benzene rings is 1. The molecule has 3 N–H and O–H groups in total. The number of hydrogen-bond acceptors (Lipinski definition) is 3. The van der Waals surface area contributed by atoms with Gasteiger partial charge in [-0.1, -0.05) is 32.9 Å². The zero-order valence-corrected chi connectivity index (χ0v) is 15.8. The highest BCUT2D eigenvalue weighted by Gasteiger charge is 2.31. The summed E-state index contributed by atoms with van der Waals surface area (Å²) in [5.74, 6) is 0.351. The maximum atomic E-state index is 12.3. The van der Waals surface area contributed by atoms with E-state index in [1.165, 1.54) is 5.56 Å². The number of nitrogens with zero attached hydrogens (tertiary/aromatic N) is 1. The third-order valence-electron chi connectivity index (χ3n) is 4.95. The normalized spacial score (nSPS) is 20.6. The molecule has 1 saturated heterocycles. The van der Waals surface area contributed by atoms with E-state index in [2.05, 4.69) is 33.0 Å². The van der Waals surface area contributed by atoms with Crippen LogP contribution in [0.4, 0.5) is 0 Å². The van der Waals surface area contributed by atoms with Gasteiger partial charge in [-0.25, -0.2) is 0 Å². The first-order valence-electron chi connectivity index (χ1n) is 9.10. The fraction of sp³-hybridized carbons (Fsp3) is 0.600. The highest BCUT2D eigenvalue weighted by atomic mass is 16.2. The maximum Gasteiger partial charge on any atom is 0.251 e. The van der Waals surface area contributed by atoms with E-state index in [-0.39, 0.29) is 23.3 Å². The Balaban J connectivity index is 1.81. The van der Waals surface area contributed by atoms with E-state index in [9.17, 15) is 9.59 Å². The molecule has 2 rings (SSSR count). The fourth-order valence-corrected chi connectivity index (χ4v) is 3.31. The van der Waals surface area contributed by atoms with Gasteiger partial charge in [-0.2, -0.15) is 0 Å². The standard InChI is InChI=1S/C20H31N3O2/c1-14-11-15(12-21)13-23(14)18(24)9-10-22-19(25)16-5-7-17(8-6-16)20(2,3)4/h5-8,14-15H,9-13,21H2,1-4H3,(H,22,25). The second kappa shape index (κ2) is 8.00. The van der Waals surface area contributed by atoms with Crippen LogP contribution in [0.25, 0.3) is 0 Å². The number of rotatable bonds is 5. The quantitative estimate of drug-likeness (QED) is 0.860. The lowest BCUT2D eigenvalue weighted by atomic mass is 9.87. The molecule has 138 valence electrons. The predicted octanol–water partition coefficient (Wildman–Crippen LogP) is 2.30. The summed E-state index contributed by atoms with van der Waals surface area (Å²) in [7, 11) is 0. The van der Waals surface area contributed by atoms with Crippen LogP contribution in [-0.4, -0.2) is 42.4 Å². The third-order valence-corrected chi connectivity index (χ3v) is 4.95. The molecule has 1 aliphatic rings. The van der Waals surface area contributed by atoms with E-state index in [1.807, 2.05) is 29.2 Å². The SMILES string of the molecule is CC1CC(CN)CN1C(=O)CCNC(=O)c1ccc(C(C)(C)C)cc1. The van der Waals surface area contributed by atoms with E-state index in [0.717, 1.165) is 13.0 Å².